The van der Waals surface area contributed by atoms with Crippen molar-refractivity contribution in [1.82, 2.24) is 9.80 Å². The van der Waals surface area contributed by atoms with Gasteiger partial charge in [0, 0.05) is 38.9 Å². The first-order valence-corrected chi connectivity index (χ1v) is 8.02. The van der Waals surface area contributed by atoms with Crippen LogP contribution in [-0.2, 0) is 9.59 Å². The van der Waals surface area contributed by atoms with Crippen LogP contribution in [0.4, 0.5) is 0 Å². The number of hydrogen-bond donors (Lipinski definition) is 2. The maximum atomic E-state index is 12.3. The number of aliphatic carboxylic acids is 1. The number of imide groups is 1. The van der Waals surface area contributed by atoms with Gasteiger partial charge >= 0.3 is 5.97 Å². The molecule has 0 spiro atoms. The Hall–Kier alpha value is -2.74. The molecule has 3 amide bonds. The fourth-order valence-corrected chi connectivity index (χ4v) is 3.15. The monoisotopic (exact) mass is 346 g/mol. The van der Waals surface area contributed by atoms with Crippen molar-refractivity contribution >= 4 is 23.7 Å². The summed E-state index contributed by atoms with van der Waals surface area (Å²) >= 11 is 0. The number of amides is 3. The number of carbonyl (C=O) groups is 4. The van der Waals surface area contributed by atoms with E-state index < -0.39 is 23.4 Å². The van der Waals surface area contributed by atoms with Crippen molar-refractivity contribution in [2.24, 2.45) is 0 Å². The molecule has 0 aromatic heterocycles. The highest BCUT2D eigenvalue weighted by Crippen LogP contribution is 2.24. The van der Waals surface area contributed by atoms with Gasteiger partial charge < -0.3 is 15.1 Å². The summed E-state index contributed by atoms with van der Waals surface area (Å²) in [5.74, 6) is -2.38. The third kappa shape index (κ3) is 3.00. The number of hydrogen-bond acceptors (Lipinski definition) is 5. The van der Waals surface area contributed by atoms with Gasteiger partial charge in [0.15, 0.2) is 5.60 Å². The van der Waals surface area contributed by atoms with Gasteiger partial charge in [-0.25, -0.2) is 4.79 Å². The highest BCUT2D eigenvalue weighted by atomic mass is 16.4. The molecule has 2 aliphatic heterocycles. The van der Waals surface area contributed by atoms with E-state index in [1.54, 1.807) is 24.3 Å². The van der Waals surface area contributed by atoms with Gasteiger partial charge in [-0.05, 0) is 12.1 Å². The highest BCUT2D eigenvalue weighted by molar-refractivity contribution is 6.21. The Morgan fingerprint density at radius 3 is 2.04 bits per heavy atom. The van der Waals surface area contributed by atoms with Gasteiger partial charge in [-0.3, -0.25) is 19.3 Å². The van der Waals surface area contributed by atoms with Crippen LogP contribution in [0, 0.1) is 0 Å². The molecular formula is C17H18N2O6. The van der Waals surface area contributed by atoms with Crippen molar-refractivity contribution in [3.8, 4) is 0 Å². The van der Waals surface area contributed by atoms with E-state index in [4.69, 9.17) is 5.11 Å². The summed E-state index contributed by atoms with van der Waals surface area (Å²) in [6.45, 7) is 0.235. The second kappa shape index (κ2) is 6.29. The van der Waals surface area contributed by atoms with E-state index in [9.17, 15) is 24.3 Å². The number of rotatable bonds is 4. The third-order valence-electron chi connectivity index (χ3n) is 4.77. The van der Waals surface area contributed by atoms with E-state index >= 15 is 0 Å². The SMILES string of the molecule is O=C(CCN1C(=O)c2ccccc2C1=O)N1CCC(O)(C(=O)O)CC1. The van der Waals surface area contributed by atoms with Crippen LogP contribution in [0.2, 0.25) is 0 Å². The number of carboxylic acids is 1. The Balaban J connectivity index is 1.57. The molecule has 3 rings (SSSR count). The Labute approximate surface area is 143 Å². The molecule has 2 N–H and O–H groups in total. The van der Waals surface area contributed by atoms with Crippen LogP contribution in [0.1, 0.15) is 40.0 Å². The van der Waals surface area contributed by atoms with Crippen molar-refractivity contribution in [3.05, 3.63) is 35.4 Å². The summed E-state index contributed by atoms with van der Waals surface area (Å²) in [6.07, 6.45) is -0.112. The van der Waals surface area contributed by atoms with E-state index in [1.807, 2.05) is 0 Å². The standard InChI is InChI=1S/C17H18N2O6/c20-13(18-9-6-17(25,7-10-18)16(23)24)5-8-19-14(21)11-3-1-2-4-12(11)15(19)22/h1-4,25H,5-10H2,(H,23,24). The Morgan fingerprint density at radius 1 is 1.04 bits per heavy atom. The minimum Gasteiger partial charge on any atom is -0.479 e. The molecule has 25 heavy (non-hydrogen) atoms. The minimum absolute atomic E-state index is 0.0229. The zero-order valence-corrected chi connectivity index (χ0v) is 13.5. The summed E-state index contributed by atoms with van der Waals surface area (Å²) < 4.78 is 0. The first-order chi connectivity index (χ1) is 11.8. The van der Waals surface area contributed by atoms with Crippen molar-refractivity contribution in [2.45, 2.75) is 24.9 Å². The molecule has 0 aliphatic carbocycles. The maximum absolute atomic E-state index is 12.3. The van der Waals surface area contributed by atoms with Gasteiger partial charge in [-0.2, -0.15) is 0 Å². The normalized spacial score (nSPS) is 19.1. The number of piperidine rings is 1. The van der Waals surface area contributed by atoms with Gasteiger partial charge in [-0.15, -0.1) is 0 Å². The first-order valence-electron chi connectivity index (χ1n) is 8.02. The summed E-state index contributed by atoms with van der Waals surface area (Å²) in [5, 5.41) is 18.9. The van der Waals surface area contributed by atoms with Gasteiger partial charge in [0.05, 0.1) is 11.1 Å². The van der Waals surface area contributed by atoms with Crippen LogP contribution in [0.15, 0.2) is 24.3 Å². The van der Waals surface area contributed by atoms with Crippen molar-refractivity contribution in [2.75, 3.05) is 19.6 Å². The first kappa shape index (κ1) is 17.1. The predicted octanol–water partition coefficient (Wildman–Crippen LogP) is 0.111. The second-order valence-corrected chi connectivity index (χ2v) is 6.28. The number of carbonyl (C=O) groups excluding carboxylic acids is 3. The molecule has 0 bridgehead atoms. The molecular weight excluding hydrogens is 328 g/mol. The van der Waals surface area contributed by atoms with Gasteiger partial charge in [0.1, 0.15) is 0 Å². The van der Waals surface area contributed by atoms with Crippen LogP contribution in [0.3, 0.4) is 0 Å². The average molecular weight is 346 g/mol. The zero-order valence-electron chi connectivity index (χ0n) is 13.5. The molecule has 1 fully saturated rings. The summed E-state index contributed by atoms with van der Waals surface area (Å²) in [6, 6.07) is 6.51. The van der Waals surface area contributed by atoms with Gasteiger partial charge in [-0.1, -0.05) is 12.1 Å². The molecule has 0 unspecified atom stereocenters. The molecule has 1 saturated heterocycles. The van der Waals surface area contributed by atoms with Crippen LogP contribution >= 0.6 is 0 Å². The highest BCUT2D eigenvalue weighted by Gasteiger charge is 2.41. The summed E-state index contributed by atoms with van der Waals surface area (Å²) in [4.78, 5) is 50.3. The molecule has 0 saturated carbocycles. The number of likely N-dealkylation sites (tertiary alicyclic amines) is 1. The molecule has 0 radical (unpaired) electrons. The third-order valence-corrected chi connectivity index (χ3v) is 4.77. The smallest absolute Gasteiger partial charge is 0.335 e. The average Bonchev–Trinajstić information content (AvgIpc) is 2.85. The topological polar surface area (TPSA) is 115 Å². The number of nitrogens with zero attached hydrogens (tertiary/aromatic N) is 2. The maximum Gasteiger partial charge on any atom is 0.335 e. The van der Waals surface area contributed by atoms with Crippen LogP contribution in [0.5, 0.6) is 0 Å². The van der Waals surface area contributed by atoms with Crippen molar-refractivity contribution in [3.63, 3.8) is 0 Å². The van der Waals surface area contributed by atoms with E-state index in [2.05, 4.69) is 0 Å². The number of carboxylic acid groups (broad SMARTS) is 1. The Kier molecular flexibility index (Phi) is 4.30. The molecule has 132 valence electrons. The molecule has 2 heterocycles. The molecule has 8 heteroatoms. The lowest BCUT2D eigenvalue weighted by molar-refractivity contribution is -0.165. The predicted molar refractivity (Wildman–Crippen MR) is 84.8 cm³/mol. The molecule has 1 aromatic carbocycles. The van der Waals surface area contributed by atoms with Crippen LogP contribution < -0.4 is 0 Å². The Morgan fingerprint density at radius 2 is 1.56 bits per heavy atom. The molecule has 1 aromatic rings. The van der Waals surface area contributed by atoms with Gasteiger partial charge in [0.25, 0.3) is 11.8 Å². The number of benzene rings is 1. The summed E-state index contributed by atoms with van der Waals surface area (Å²) in [7, 11) is 0. The zero-order chi connectivity index (χ0) is 18.2. The summed E-state index contributed by atoms with van der Waals surface area (Å²) in [5.41, 5.74) is -1.12. The quantitative estimate of drug-likeness (QED) is 0.748. The van der Waals surface area contributed by atoms with E-state index in [1.165, 1.54) is 4.90 Å². The van der Waals surface area contributed by atoms with Crippen LogP contribution in [-0.4, -0.2) is 68.9 Å². The number of fused-ring (bicyclic) bond motifs is 1. The largest absolute Gasteiger partial charge is 0.479 e. The fraction of sp³-hybridized carbons (Fsp3) is 0.412. The lowest BCUT2D eigenvalue weighted by atomic mass is 9.91. The lowest BCUT2D eigenvalue weighted by Crippen LogP contribution is -2.51. The van der Waals surface area contributed by atoms with Crippen molar-refractivity contribution in [1.29, 1.82) is 0 Å². The fourth-order valence-electron chi connectivity index (χ4n) is 3.15. The van der Waals surface area contributed by atoms with E-state index in [-0.39, 0.29) is 44.8 Å². The second-order valence-electron chi connectivity index (χ2n) is 6.28. The minimum atomic E-state index is -1.79. The molecule has 0 atom stereocenters. The van der Waals surface area contributed by atoms with E-state index in [0.29, 0.717) is 11.1 Å². The van der Waals surface area contributed by atoms with Crippen molar-refractivity contribution < 1.29 is 29.4 Å². The van der Waals surface area contributed by atoms with E-state index in [0.717, 1.165) is 4.90 Å². The van der Waals surface area contributed by atoms with Gasteiger partial charge in [0.2, 0.25) is 5.91 Å². The molecule has 2 aliphatic rings. The van der Waals surface area contributed by atoms with Crippen LogP contribution in [0.25, 0.3) is 0 Å². The lowest BCUT2D eigenvalue weighted by Gasteiger charge is -2.35. The Bertz CT molecular complexity index is 716. The molecule has 8 nitrogen and oxygen atoms in total. The number of aliphatic hydroxyl groups is 1.